The Balaban J connectivity index is 1.92. The number of sulfonamides is 1. The third-order valence-electron chi connectivity index (χ3n) is 4.65. The molecular weight excluding hydrogens is 476 g/mol. The SMILES string of the molecule is CC(C(=O)NCCc1ccccn1)N(c1cc(Cl)ccc1F)S(=O)(=O)c1ccc(Cl)cc1. The quantitative estimate of drug-likeness (QED) is 0.499. The second kappa shape index (κ2) is 10.3. The van der Waals surface area contributed by atoms with Crippen LogP contribution in [-0.4, -0.2) is 31.9 Å². The standard InChI is InChI=1S/C22H20Cl2FN3O3S/c1-15(22(29)27-13-11-18-4-2-3-12-26-18)28(21-14-17(24)7-10-20(21)25)32(30,31)19-8-5-16(23)6-9-19/h2-10,12,14-15H,11,13H2,1H3,(H,27,29). The lowest BCUT2D eigenvalue weighted by Gasteiger charge is -2.30. The third kappa shape index (κ3) is 5.56. The molecule has 0 aliphatic heterocycles. The second-order valence-corrected chi connectivity index (χ2v) is 9.58. The van der Waals surface area contributed by atoms with Crippen molar-refractivity contribution in [2.45, 2.75) is 24.3 Å². The number of rotatable bonds is 8. The monoisotopic (exact) mass is 495 g/mol. The minimum Gasteiger partial charge on any atom is -0.354 e. The summed E-state index contributed by atoms with van der Waals surface area (Å²) in [6.07, 6.45) is 2.09. The number of nitrogens with one attached hydrogen (secondary N) is 1. The molecule has 1 unspecified atom stereocenters. The Morgan fingerprint density at radius 1 is 1.09 bits per heavy atom. The van der Waals surface area contributed by atoms with Crippen LogP contribution >= 0.6 is 23.2 Å². The first kappa shape index (κ1) is 24.0. The second-order valence-electron chi connectivity index (χ2n) is 6.89. The molecular formula is C22H20Cl2FN3O3S. The van der Waals surface area contributed by atoms with Crippen LogP contribution in [-0.2, 0) is 21.2 Å². The van der Waals surface area contributed by atoms with Gasteiger partial charge in [0.05, 0.1) is 10.6 Å². The summed E-state index contributed by atoms with van der Waals surface area (Å²) in [6, 6.07) is 13.1. The Kier molecular flexibility index (Phi) is 7.71. The van der Waals surface area contributed by atoms with E-state index in [1.165, 1.54) is 43.3 Å². The maximum Gasteiger partial charge on any atom is 0.265 e. The summed E-state index contributed by atoms with van der Waals surface area (Å²) in [4.78, 5) is 16.9. The number of aromatic nitrogens is 1. The first-order chi connectivity index (χ1) is 15.2. The molecule has 0 aliphatic carbocycles. The molecule has 0 saturated carbocycles. The van der Waals surface area contributed by atoms with Gasteiger partial charge in [0.25, 0.3) is 10.0 Å². The maximum absolute atomic E-state index is 14.7. The van der Waals surface area contributed by atoms with Gasteiger partial charge in [-0.25, -0.2) is 12.8 Å². The molecule has 2 aromatic carbocycles. The van der Waals surface area contributed by atoms with E-state index in [1.54, 1.807) is 12.3 Å². The molecule has 1 amide bonds. The van der Waals surface area contributed by atoms with E-state index in [1.807, 2.05) is 12.1 Å². The smallest absolute Gasteiger partial charge is 0.265 e. The fourth-order valence-corrected chi connectivity index (χ4v) is 4.95. The lowest BCUT2D eigenvalue weighted by atomic mass is 10.2. The van der Waals surface area contributed by atoms with Crippen LogP contribution in [0.3, 0.4) is 0 Å². The lowest BCUT2D eigenvalue weighted by molar-refractivity contribution is -0.121. The average molecular weight is 496 g/mol. The van der Waals surface area contributed by atoms with E-state index in [9.17, 15) is 17.6 Å². The Hall–Kier alpha value is -2.68. The van der Waals surface area contributed by atoms with Crippen LogP contribution in [0.4, 0.5) is 10.1 Å². The highest BCUT2D eigenvalue weighted by atomic mass is 35.5. The average Bonchev–Trinajstić information content (AvgIpc) is 2.77. The van der Waals surface area contributed by atoms with Crippen molar-refractivity contribution in [1.82, 2.24) is 10.3 Å². The molecule has 168 valence electrons. The van der Waals surface area contributed by atoms with E-state index in [0.717, 1.165) is 16.1 Å². The van der Waals surface area contributed by atoms with Gasteiger partial charge in [0, 0.05) is 34.9 Å². The number of benzene rings is 2. The molecule has 0 fully saturated rings. The Morgan fingerprint density at radius 2 is 1.78 bits per heavy atom. The van der Waals surface area contributed by atoms with Crippen LogP contribution in [0.25, 0.3) is 0 Å². The summed E-state index contributed by atoms with van der Waals surface area (Å²) in [7, 11) is -4.33. The van der Waals surface area contributed by atoms with Gasteiger partial charge in [-0.1, -0.05) is 29.3 Å². The molecule has 0 aliphatic rings. The number of carbonyl (C=O) groups is 1. The summed E-state index contributed by atoms with van der Waals surface area (Å²) < 4.78 is 42.3. The molecule has 3 rings (SSSR count). The van der Waals surface area contributed by atoms with Crippen molar-refractivity contribution in [2.24, 2.45) is 0 Å². The number of anilines is 1. The Bertz CT molecular complexity index is 1190. The van der Waals surface area contributed by atoms with E-state index < -0.39 is 27.8 Å². The predicted molar refractivity (Wildman–Crippen MR) is 123 cm³/mol. The van der Waals surface area contributed by atoms with Crippen LogP contribution in [0.1, 0.15) is 12.6 Å². The summed E-state index contributed by atoms with van der Waals surface area (Å²) in [5.41, 5.74) is 0.437. The van der Waals surface area contributed by atoms with Crippen molar-refractivity contribution in [3.05, 3.63) is 88.4 Å². The van der Waals surface area contributed by atoms with Crippen molar-refractivity contribution < 1.29 is 17.6 Å². The third-order valence-corrected chi connectivity index (χ3v) is 7.04. The van der Waals surface area contributed by atoms with Gasteiger partial charge in [0.1, 0.15) is 11.9 Å². The van der Waals surface area contributed by atoms with Gasteiger partial charge < -0.3 is 5.32 Å². The van der Waals surface area contributed by atoms with Crippen LogP contribution in [0.15, 0.2) is 71.8 Å². The molecule has 3 aromatic rings. The zero-order valence-electron chi connectivity index (χ0n) is 17.0. The van der Waals surface area contributed by atoms with Gasteiger partial charge in [0.2, 0.25) is 5.91 Å². The molecule has 1 atom stereocenters. The van der Waals surface area contributed by atoms with Crippen molar-refractivity contribution in [3.63, 3.8) is 0 Å². The first-order valence-electron chi connectivity index (χ1n) is 9.63. The molecule has 10 heteroatoms. The predicted octanol–water partition coefficient (Wildman–Crippen LogP) is 4.47. The van der Waals surface area contributed by atoms with E-state index >= 15 is 0 Å². The van der Waals surface area contributed by atoms with Gasteiger partial charge >= 0.3 is 0 Å². The van der Waals surface area contributed by atoms with Crippen molar-refractivity contribution >= 4 is 44.8 Å². The Morgan fingerprint density at radius 3 is 2.44 bits per heavy atom. The molecule has 0 saturated heterocycles. The van der Waals surface area contributed by atoms with Crippen LogP contribution < -0.4 is 9.62 Å². The van der Waals surface area contributed by atoms with Crippen molar-refractivity contribution in [3.8, 4) is 0 Å². The van der Waals surface area contributed by atoms with Gasteiger partial charge in [0.15, 0.2) is 0 Å². The summed E-state index contributed by atoms with van der Waals surface area (Å²) >= 11 is 11.9. The van der Waals surface area contributed by atoms with Crippen LogP contribution in [0.2, 0.25) is 10.0 Å². The number of hydrogen-bond donors (Lipinski definition) is 1. The Labute approximate surface area is 196 Å². The van der Waals surface area contributed by atoms with E-state index in [-0.39, 0.29) is 22.2 Å². The number of hydrogen-bond acceptors (Lipinski definition) is 4. The van der Waals surface area contributed by atoms with Crippen LogP contribution in [0.5, 0.6) is 0 Å². The fourth-order valence-electron chi connectivity index (χ4n) is 3.04. The van der Waals surface area contributed by atoms with E-state index in [2.05, 4.69) is 10.3 Å². The topological polar surface area (TPSA) is 79.4 Å². The number of pyridine rings is 1. The number of halogens is 3. The summed E-state index contributed by atoms with van der Waals surface area (Å²) in [5, 5.41) is 3.15. The molecule has 6 nitrogen and oxygen atoms in total. The van der Waals surface area contributed by atoms with E-state index in [4.69, 9.17) is 23.2 Å². The fraction of sp³-hybridized carbons (Fsp3) is 0.182. The van der Waals surface area contributed by atoms with Crippen molar-refractivity contribution in [1.29, 1.82) is 0 Å². The molecule has 1 aromatic heterocycles. The molecule has 0 bridgehead atoms. The summed E-state index contributed by atoms with van der Waals surface area (Å²) in [6.45, 7) is 1.61. The van der Waals surface area contributed by atoms with Gasteiger partial charge in [-0.15, -0.1) is 0 Å². The van der Waals surface area contributed by atoms with E-state index in [0.29, 0.717) is 11.4 Å². The largest absolute Gasteiger partial charge is 0.354 e. The lowest BCUT2D eigenvalue weighted by Crippen LogP contribution is -2.49. The maximum atomic E-state index is 14.7. The molecule has 32 heavy (non-hydrogen) atoms. The number of carbonyl (C=O) groups excluding carboxylic acids is 1. The zero-order chi connectivity index (χ0) is 23.3. The normalized spacial score (nSPS) is 12.2. The number of nitrogens with zero attached hydrogens (tertiary/aromatic N) is 2. The highest BCUT2D eigenvalue weighted by Gasteiger charge is 2.35. The van der Waals surface area contributed by atoms with Crippen LogP contribution in [0, 0.1) is 5.82 Å². The summed E-state index contributed by atoms with van der Waals surface area (Å²) in [5.74, 6) is -1.43. The van der Waals surface area contributed by atoms with Gasteiger partial charge in [-0.3, -0.25) is 14.1 Å². The first-order valence-corrected chi connectivity index (χ1v) is 11.8. The molecule has 1 heterocycles. The molecule has 0 spiro atoms. The molecule has 1 N–H and O–H groups in total. The minimum atomic E-state index is -4.33. The number of amides is 1. The van der Waals surface area contributed by atoms with Gasteiger partial charge in [-0.05, 0) is 61.5 Å². The molecule has 0 radical (unpaired) electrons. The van der Waals surface area contributed by atoms with Crippen molar-refractivity contribution in [2.75, 3.05) is 10.8 Å². The zero-order valence-corrected chi connectivity index (χ0v) is 19.3. The van der Waals surface area contributed by atoms with Gasteiger partial charge in [-0.2, -0.15) is 0 Å². The highest BCUT2D eigenvalue weighted by Crippen LogP contribution is 2.31. The minimum absolute atomic E-state index is 0.125. The highest BCUT2D eigenvalue weighted by molar-refractivity contribution is 7.93.